The molecule has 0 aliphatic heterocycles. The van der Waals surface area contributed by atoms with Gasteiger partial charge in [-0.3, -0.25) is 0 Å². The van der Waals surface area contributed by atoms with Crippen LogP contribution >= 0.6 is 0 Å². The molecule has 0 saturated carbocycles. The molecule has 0 saturated heterocycles. The zero-order valence-corrected chi connectivity index (χ0v) is 7.24. The first-order chi connectivity index (χ1) is 2.00. The molecule has 0 atom stereocenters. The van der Waals surface area contributed by atoms with Crippen LogP contribution in [0, 0.1) is 0 Å². The minimum Gasteiger partial charge on any atom is -1.00 e. The summed E-state index contributed by atoms with van der Waals surface area (Å²) in [6.45, 7) is 0. The third kappa shape index (κ3) is 76.7. The molecule has 7 heavy (non-hydrogen) atoms. The van der Waals surface area contributed by atoms with E-state index in [1.165, 1.54) is 0 Å². The molecule has 0 fully saturated rings. The van der Waals surface area contributed by atoms with Crippen LogP contribution in [0.15, 0.2) is 0 Å². The second-order valence-electron chi connectivity index (χ2n) is 0.495. The van der Waals surface area contributed by atoms with Gasteiger partial charge < -0.3 is 20.1 Å². The minimum absolute atomic E-state index is 0. The molecule has 0 rings (SSSR count). The summed E-state index contributed by atoms with van der Waals surface area (Å²) in [6.07, 6.45) is 0. The molecule has 0 spiro atoms. The molecule has 0 bridgehead atoms. The molecule has 0 radical (unpaired) electrons. The fourth-order valence-corrected chi connectivity index (χ4v) is 0. The Kier molecular flexibility index (Phi) is 13.7. The molecule has 0 aromatic heterocycles. The van der Waals surface area contributed by atoms with Crippen LogP contribution in [0.25, 0.3) is 0 Å². The first-order valence-electron chi connectivity index (χ1n) is 0.873. The van der Waals surface area contributed by atoms with Gasteiger partial charge in [-0.25, -0.2) is 0 Å². The maximum absolute atomic E-state index is 9.75. The third-order valence-electron chi connectivity index (χ3n) is 0. The smallest absolute Gasteiger partial charge is 1.00 e. The van der Waals surface area contributed by atoms with E-state index < -0.39 is 7.25 Å². The van der Waals surface area contributed by atoms with Gasteiger partial charge in [0.25, 0.3) is 0 Å². The molecule has 0 aliphatic rings. The number of hydrogen-bond donors (Lipinski definition) is 0. The van der Waals surface area contributed by atoms with E-state index in [9.17, 15) is 17.3 Å². The van der Waals surface area contributed by atoms with E-state index in [-0.39, 0.29) is 70.5 Å². The molecular formula is H6AlBBaF4. The summed E-state index contributed by atoms with van der Waals surface area (Å²) in [7, 11) is -6.00. The number of hydrogen-bond acceptors (Lipinski definition) is 0. The van der Waals surface area contributed by atoms with Gasteiger partial charge in [0.05, 0.1) is 0 Å². The average molecular weight is 257 g/mol. The van der Waals surface area contributed by atoms with Crippen LogP contribution in [0.1, 0.15) is 4.28 Å². The van der Waals surface area contributed by atoms with Gasteiger partial charge in [-0.15, -0.1) is 0 Å². The Balaban J connectivity index is -0.00000000800. The van der Waals surface area contributed by atoms with E-state index in [0.29, 0.717) is 0 Å². The van der Waals surface area contributed by atoms with Crippen molar-refractivity contribution in [3.05, 3.63) is 0 Å². The Bertz CT molecular complexity index is 36.0. The van der Waals surface area contributed by atoms with Crippen molar-refractivity contribution in [2.24, 2.45) is 0 Å². The predicted octanol–water partition coefficient (Wildman–Crippen LogP) is 0.0728. The van der Waals surface area contributed by atoms with E-state index in [4.69, 9.17) is 0 Å². The summed E-state index contributed by atoms with van der Waals surface area (Å²) >= 11 is 0. The summed E-state index contributed by atoms with van der Waals surface area (Å²) in [5.41, 5.74) is 0. The first-order valence-corrected chi connectivity index (χ1v) is 0.873. The Labute approximate surface area is 93.8 Å². The Morgan fingerprint density at radius 2 is 1.14 bits per heavy atom. The Morgan fingerprint density at radius 1 is 1.14 bits per heavy atom. The quantitative estimate of drug-likeness (QED) is 0.425. The fraction of sp³-hybridized carbons (Fsp3) is 0. The van der Waals surface area contributed by atoms with Crippen molar-refractivity contribution < 1.29 is 21.5 Å². The van der Waals surface area contributed by atoms with Crippen LogP contribution in [-0.2, 0) is 0 Å². The maximum Gasteiger partial charge on any atom is 2.00 e. The zero-order chi connectivity index (χ0) is 4.50. The van der Waals surface area contributed by atoms with Crippen LogP contribution in [-0.4, -0.2) is 73.5 Å². The largest absolute Gasteiger partial charge is 2.00 e. The van der Waals surface area contributed by atoms with Crippen molar-refractivity contribution >= 4 is 73.5 Å². The van der Waals surface area contributed by atoms with Crippen LogP contribution in [0.3, 0.4) is 0 Å². The third-order valence-corrected chi connectivity index (χ3v) is 0. The van der Waals surface area contributed by atoms with Crippen LogP contribution in [0.2, 0.25) is 0 Å². The normalized spacial score (nSPS) is 8.57. The maximum atomic E-state index is 9.75. The van der Waals surface area contributed by atoms with E-state index in [0.717, 1.165) is 0 Å². The van der Waals surface area contributed by atoms with Crippen molar-refractivity contribution in [1.82, 2.24) is 0 Å². The summed E-state index contributed by atoms with van der Waals surface area (Å²) in [6, 6.07) is 0. The summed E-state index contributed by atoms with van der Waals surface area (Å²) < 4.78 is 39.0. The molecule has 0 aliphatic carbocycles. The molecule has 42 valence electrons. The molecule has 0 heterocycles. The topological polar surface area (TPSA) is 0 Å². The summed E-state index contributed by atoms with van der Waals surface area (Å²) in [5.74, 6) is 0. The van der Waals surface area contributed by atoms with Crippen LogP contribution in [0.4, 0.5) is 17.3 Å². The zero-order valence-electron chi connectivity index (χ0n) is 5.80. The van der Waals surface area contributed by atoms with E-state index in [1.807, 2.05) is 0 Å². The second-order valence-corrected chi connectivity index (χ2v) is 0.495. The molecule has 0 amide bonds. The SMILES string of the molecule is F[B-](F)(F)F.[AlH3].[Ba+2].[H+].[H-].[H-]. The van der Waals surface area contributed by atoms with Gasteiger partial charge in [-0.2, -0.15) is 0 Å². The van der Waals surface area contributed by atoms with Gasteiger partial charge in [-0.1, -0.05) is 0 Å². The summed E-state index contributed by atoms with van der Waals surface area (Å²) in [4.78, 5) is 0. The molecule has 7 heteroatoms. The molecule has 0 aromatic rings. The van der Waals surface area contributed by atoms with Crippen LogP contribution < -0.4 is 0 Å². The number of rotatable bonds is 0. The van der Waals surface area contributed by atoms with E-state index in [2.05, 4.69) is 0 Å². The Hall–Kier alpha value is 1.89. The molecule has 0 N–H and O–H groups in total. The van der Waals surface area contributed by atoms with Crippen molar-refractivity contribution in [3.8, 4) is 0 Å². The number of halogens is 4. The monoisotopic (exact) mass is 258 g/mol. The summed E-state index contributed by atoms with van der Waals surface area (Å²) in [5, 5.41) is 0. The predicted molar refractivity (Wildman–Crippen MR) is 29.2 cm³/mol. The molecule has 0 nitrogen and oxygen atoms in total. The molecule has 0 aromatic carbocycles. The van der Waals surface area contributed by atoms with Gasteiger partial charge in [0.1, 0.15) is 0 Å². The standard InChI is InChI=1S/Al.BF4.Ba.5H/c;2-1(3,4)5;;;;;;/q;-1;+2;;;;2*-1/p+1. The first kappa shape index (κ1) is 16.0. The van der Waals surface area contributed by atoms with Gasteiger partial charge in [0.15, 0.2) is 17.4 Å². The van der Waals surface area contributed by atoms with Gasteiger partial charge in [-0.05, 0) is 0 Å². The van der Waals surface area contributed by atoms with Crippen molar-refractivity contribution in [1.29, 1.82) is 0 Å². The van der Waals surface area contributed by atoms with Gasteiger partial charge >= 0.3 is 57.6 Å². The van der Waals surface area contributed by atoms with Gasteiger partial charge in [0, 0.05) is 0 Å². The van der Waals surface area contributed by atoms with Crippen molar-refractivity contribution in [2.75, 3.05) is 0 Å². The van der Waals surface area contributed by atoms with Crippen molar-refractivity contribution in [3.63, 3.8) is 0 Å². The van der Waals surface area contributed by atoms with Gasteiger partial charge in [0.2, 0.25) is 0 Å². The van der Waals surface area contributed by atoms with Crippen LogP contribution in [0.5, 0.6) is 0 Å². The molecular weight excluding hydrogens is 251 g/mol. The minimum atomic E-state index is -6.00. The van der Waals surface area contributed by atoms with E-state index in [1.54, 1.807) is 0 Å². The Morgan fingerprint density at radius 3 is 1.14 bits per heavy atom. The fourth-order valence-electron chi connectivity index (χ4n) is 0. The second kappa shape index (κ2) is 6.02. The van der Waals surface area contributed by atoms with Crippen molar-refractivity contribution in [2.45, 2.75) is 0 Å². The van der Waals surface area contributed by atoms with E-state index >= 15 is 0 Å². The average Bonchev–Trinajstić information content (AvgIpc) is 0.722. The molecule has 0 unspecified atom stereocenters.